The van der Waals surface area contributed by atoms with E-state index in [-0.39, 0.29) is 25.2 Å². The fraction of sp³-hybridized carbons (Fsp3) is 0.381. The second-order valence-electron chi connectivity index (χ2n) is 6.37. The van der Waals surface area contributed by atoms with Gasteiger partial charge in [0, 0.05) is 17.8 Å². The Hall–Kier alpha value is -2.87. The zero-order chi connectivity index (χ0) is 21.4. The van der Waals surface area contributed by atoms with Crippen molar-refractivity contribution in [3.05, 3.63) is 45.6 Å². The number of carbonyl (C=O) groups is 3. The number of benzene rings is 1. The Balaban J connectivity index is 1.78. The van der Waals surface area contributed by atoms with Gasteiger partial charge in [-0.15, -0.1) is 11.3 Å². The summed E-state index contributed by atoms with van der Waals surface area (Å²) in [4.78, 5) is 37.8. The Labute approximate surface area is 174 Å². The van der Waals surface area contributed by atoms with Crippen molar-refractivity contribution in [1.82, 2.24) is 5.32 Å². The highest BCUT2D eigenvalue weighted by Crippen LogP contribution is 2.27. The van der Waals surface area contributed by atoms with Crippen LogP contribution in [-0.4, -0.2) is 38.0 Å². The number of ether oxygens (including phenoxy) is 3. The molecule has 1 amide bonds. The molecule has 1 atom stereocenters. The third-order valence-electron chi connectivity index (χ3n) is 4.16. The molecular formula is C21H25NO6S. The van der Waals surface area contributed by atoms with Crippen LogP contribution in [0.1, 0.15) is 39.9 Å². The minimum Gasteiger partial charge on any atom is -0.493 e. The van der Waals surface area contributed by atoms with Crippen molar-refractivity contribution in [2.45, 2.75) is 39.3 Å². The maximum Gasteiger partial charge on any atom is 0.307 e. The molecule has 1 N–H and O–H groups in total. The number of amides is 1. The van der Waals surface area contributed by atoms with Gasteiger partial charge in [-0.2, -0.15) is 0 Å². The van der Waals surface area contributed by atoms with Crippen molar-refractivity contribution < 1.29 is 28.6 Å². The third-order valence-corrected chi connectivity index (χ3v) is 5.21. The lowest BCUT2D eigenvalue weighted by Gasteiger charge is -2.14. The summed E-state index contributed by atoms with van der Waals surface area (Å²) in [5.74, 6) is 0.0424. The molecule has 2 aromatic rings. The maximum atomic E-state index is 12.2. The van der Waals surface area contributed by atoms with Gasteiger partial charge in [-0.3, -0.25) is 14.4 Å². The molecular weight excluding hydrogens is 394 g/mol. The molecule has 29 heavy (non-hydrogen) atoms. The Kier molecular flexibility index (Phi) is 8.21. The van der Waals surface area contributed by atoms with Crippen LogP contribution in [0.4, 0.5) is 0 Å². The van der Waals surface area contributed by atoms with Crippen LogP contribution in [-0.2, 0) is 20.9 Å². The van der Waals surface area contributed by atoms with Crippen LogP contribution < -0.4 is 14.8 Å². The number of nitrogens with one attached hydrogen (secondary N) is 1. The van der Waals surface area contributed by atoms with Crippen molar-refractivity contribution in [2.24, 2.45) is 0 Å². The monoisotopic (exact) mass is 419 g/mol. The van der Waals surface area contributed by atoms with Crippen LogP contribution in [0.3, 0.4) is 0 Å². The van der Waals surface area contributed by atoms with Gasteiger partial charge in [0.25, 0.3) is 5.91 Å². The largest absolute Gasteiger partial charge is 0.493 e. The summed E-state index contributed by atoms with van der Waals surface area (Å²) in [5.41, 5.74) is 0.811. The molecule has 0 radical (unpaired) electrons. The van der Waals surface area contributed by atoms with E-state index in [9.17, 15) is 14.4 Å². The van der Waals surface area contributed by atoms with Gasteiger partial charge in [-0.05, 0) is 43.7 Å². The number of Topliss-reactive ketones (excluding diaryl/α,β-unsaturated/α-hetero) is 1. The molecule has 7 nitrogen and oxygen atoms in total. The predicted octanol–water partition coefficient (Wildman–Crippen LogP) is 3.28. The smallest absolute Gasteiger partial charge is 0.307 e. The summed E-state index contributed by atoms with van der Waals surface area (Å²) in [7, 11) is 3.08. The third kappa shape index (κ3) is 6.60. The van der Waals surface area contributed by atoms with Gasteiger partial charge >= 0.3 is 5.97 Å². The topological polar surface area (TPSA) is 90.9 Å². The van der Waals surface area contributed by atoms with Gasteiger partial charge in [0.15, 0.2) is 23.4 Å². The molecule has 0 spiro atoms. The number of aryl methyl sites for hydroxylation is 1. The molecule has 2 rings (SSSR count). The van der Waals surface area contributed by atoms with E-state index < -0.39 is 18.0 Å². The molecule has 0 aliphatic rings. The van der Waals surface area contributed by atoms with Crippen LogP contribution in [0.5, 0.6) is 11.5 Å². The average molecular weight is 419 g/mol. The highest BCUT2D eigenvalue weighted by atomic mass is 32.1. The Bertz CT molecular complexity index is 876. The van der Waals surface area contributed by atoms with E-state index in [1.54, 1.807) is 31.4 Å². The second kappa shape index (κ2) is 10.6. The van der Waals surface area contributed by atoms with Gasteiger partial charge in [-0.25, -0.2) is 0 Å². The zero-order valence-electron chi connectivity index (χ0n) is 16.9. The van der Waals surface area contributed by atoms with Gasteiger partial charge in [0.05, 0.1) is 25.5 Å². The lowest BCUT2D eigenvalue weighted by atomic mass is 10.2. The summed E-state index contributed by atoms with van der Waals surface area (Å²) in [6.45, 7) is 3.65. The molecule has 0 aliphatic heterocycles. The molecule has 0 fully saturated rings. The quantitative estimate of drug-likeness (QED) is 0.469. The van der Waals surface area contributed by atoms with Gasteiger partial charge in [-0.1, -0.05) is 6.07 Å². The van der Waals surface area contributed by atoms with E-state index in [0.29, 0.717) is 16.4 Å². The number of carbonyl (C=O) groups excluding carboxylic acids is 3. The molecule has 156 valence electrons. The predicted molar refractivity (Wildman–Crippen MR) is 110 cm³/mol. The Morgan fingerprint density at radius 2 is 1.76 bits per heavy atom. The number of rotatable bonds is 10. The first-order valence-electron chi connectivity index (χ1n) is 9.11. The molecule has 0 saturated heterocycles. The minimum atomic E-state index is -0.957. The molecule has 1 aromatic carbocycles. The fourth-order valence-corrected chi connectivity index (χ4v) is 3.39. The van der Waals surface area contributed by atoms with Crippen molar-refractivity contribution >= 4 is 29.0 Å². The van der Waals surface area contributed by atoms with Gasteiger partial charge in [0.2, 0.25) is 0 Å². The fourth-order valence-electron chi connectivity index (χ4n) is 2.56. The summed E-state index contributed by atoms with van der Waals surface area (Å²) in [5, 5.41) is 2.71. The van der Waals surface area contributed by atoms with Crippen LogP contribution in [0.15, 0.2) is 30.3 Å². The Morgan fingerprint density at radius 1 is 1.03 bits per heavy atom. The standard InChI is InChI=1S/C21H25NO6S/c1-13-5-9-19(29-13)16(23)7-10-20(24)28-14(2)21(25)22-12-15-6-8-17(26-3)18(11-15)27-4/h5-6,8-9,11,14H,7,10,12H2,1-4H3,(H,22,25)/t14-/m1/s1. The zero-order valence-corrected chi connectivity index (χ0v) is 17.8. The van der Waals surface area contributed by atoms with E-state index in [0.717, 1.165) is 10.4 Å². The highest BCUT2D eigenvalue weighted by Gasteiger charge is 2.19. The number of esters is 1. The van der Waals surface area contributed by atoms with Crippen LogP contribution >= 0.6 is 11.3 Å². The lowest BCUT2D eigenvalue weighted by molar-refractivity contribution is -0.154. The van der Waals surface area contributed by atoms with Crippen molar-refractivity contribution in [1.29, 1.82) is 0 Å². The molecule has 0 bridgehead atoms. The number of thiophene rings is 1. The first kappa shape index (κ1) is 22.4. The highest BCUT2D eigenvalue weighted by molar-refractivity contribution is 7.14. The van der Waals surface area contributed by atoms with Gasteiger partial charge in [0.1, 0.15) is 0 Å². The van der Waals surface area contributed by atoms with Crippen LogP contribution in [0.2, 0.25) is 0 Å². The summed E-state index contributed by atoms with van der Waals surface area (Å²) in [6, 6.07) is 8.92. The van der Waals surface area contributed by atoms with Crippen molar-refractivity contribution in [3.63, 3.8) is 0 Å². The van der Waals surface area contributed by atoms with Gasteiger partial charge < -0.3 is 19.5 Å². The SMILES string of the molecule is COc1ccc(CNC(=O)[C@@H](C)OC(=O)CCC(=O)c2ccc(C)s2)cc1OC. The van der Waals surface area contributed by atoms with E-state index >= 15 is 0 Å². The summed E-state index contributed by atoms with van der Waals surface area (Å²) >= 11 is 1.39. The van der Waals surface area contributed by atoms with Crippen LogP contribution in [0, 0.1) is 6.92 Å². The maximum absolute atomic E-state index is 12.2. The number of ketones is 1. The average Bonchev–Trinajstić information content (AvgIpc) is 3.16. The van der Waals surface area contributed by atoms with Crippen molar-refractivity contribution in [3.8, 4) is 11.5 Å². The van der Waals surface area contributed by atoms with Crippen molar-refractivity contribution in [2.75, 3.05) is 14.2 Å². The van der Waals surface area contributed by atoms with Crippen LogP contribution in [0.25, 0.3) is 0 Å². The normalized spacial score (nSPS) is 11.4. The molecule has 8 heteroatoms. The molecule has 1 heterocycles. The molecule has 0 unspecified atom stereocenters. The first-order valence-corrected chi connectivity index (χ1v) is 9.93. The number of hydrogen-bond donors (Lipinski definition) is 1. The molecule has 0 saturated carbocycles. The van der Waals surface area contributed by atoms with E-state index in [4.69, 9.17) is 14.2 Å². The molecule has 1 aromatic heterocycles. The van der Waals surface area contributed by atoms with E-state index in [1.165, 1.54) is 25.4 Å². The molecule has 0 aliphatic carbocycles. The number of hydrogen-bond acceptors (Lipinski definition) is 7. The van der Waals surface area contributed by atoms with E-state index in [1.807, 2.05) is 13.0 Å². The summed E-state index contributed by atoms with van der Waals surface area (Å²) in [6.07, 6.45) is -0.969. The second-order valence-corrected chi connectivity index (χ2v) is 7.66. The van der Waals surface area contributed by atoms with E-state index in [2.05, 4.69) is 5.32 Å². The lowest BCUT2D eigenvalue weighted by Crippen LogP contribution is -2.35. The first-order chi connectivity index (χ1) is 13.8. The minimum absolute atomic E-state index is 0.0543. The Morgan fingerprint density at radius 3 is 2.38 bits per heavy atom. The summed E-state index contributed by atoms with van der Waals surface area (Å²) < 4.78 is 15.5. The number of methoxy groups -OCH3 is 2.